The molecule has 1 rings (SSSR count). The van der Waals surface area contributed by atoms with Gasteiger partial charge in [-0.2, -0.15) is 12.7 Å². The summed E-state index contributed by atoms with van der Waals surface area (Å²) in [6.45, 7) is 7.51. The van der Waals surface area contributed by atoms with Crippen molar-refractivity contribution in [2.24, 2.45) is 5.92 Å². The van der Waals surface area contributed by atoms with Gasteiger partial charge in [0, 0.05) is 39.4 Å². The van der Waals surface area contributed by atoms with Gasteiger partial charge in [-0.25, -0.2) is 4.72 Å². The molecule has 1 atom stereocenters. The van der Waals surface area contributed by atoms with E-state index in [0.29, 0.717) is 38.2 Å². The van der Waals surface area contributed by atoms with E-state index in [1.807, 2.05) is 0 Å². The predicted molar refractivity (Wildman–Crippen MR) is 85.5 cm³/mol. The first-order chi connectivity index (χ1) is 9.95. The molecule has 1 aliphatic heterocycles. The molecule has 1 aliphatic rings. The van der Waals surface area contributed by atoms with E-state index in [4.69, 9.17) is 4.74 Å². The Morgan fingerprint density at radius 3 is 2.76 bits per heavy atom. The Balaban J connectivity index is 2.35. The summed E-state index contributed by atoms with van der Waals surface area (Å²) in [6, 6.07) is 0.441. The number of hydrogen-bond donors (Lipinski definition) is 2. The van der Waals surface area contributed by atoms with Crippen LogP contribution in [-0.4, -0.2) is 58.7 Å². The summed E-state index contributed by atoms with van der Waals surface area (Å²) < 4.78 is 33.8. The minimum Gasteiger partial charge on any atom is -0.385 e. The van der Waals surface area contributed by atoms with Gasteiger partial charge in [-0.3, -0.25) is 0 Å². The molecule has 0 aromatic carbocycles. The van der Waals surface area contributed by atoms with Crippen molar-refractivity contribution in [1.29, 1.82) is 0 Å². The molecule has 1 unspecified atom stereocenters. The van der Waals surface area contributed by atoms with E-state index in [0.717, 1.165) is 32.2 Å². The average Bonchev–Trinajstić information content (AvgIpc) is 2.45. The Morgan fingerprint density at radius 2 is 2.10 bits per heavy atom. The van der Waals surface area contributed by atoms with Gasteiger partial charge in [0.15, 0.2) is 0 Å². The molecule has 7 heteroatoms. The molecule has 1 heterocycles. The largest absolute Gasteiger partial charge is 0.385 e. The highest BCUT2D eigenvalue weighted by Crippen LogP contribution is 2.18. The zero-order valence-electron chi connectivity index (χ0n) is 13.6. The number of piperidine rings is 1. The molecule has 0 aliphatic carbocycles. The number of hydrogen-bond acceptors (Lipinski definition) is 4. The molecule has 2 N–H and O–H groups in total. The second-order valence-corrected chi connectivity index (χ2v) is 7.78. The molecule has 1 saturated heterocycles. The van der Waals surface area contributed by atoms with E-state index in [2.05, 4.69) is 23.9 Å². The van der Waals surface area contributed by atoms with Crippen molar-refractivity contribution < 1.29 is 13.2 Å². The second-order valence-electron chi connectivity index (χ2n) is 6.03. The van der Waals surface area contributed by atoms with Gasteiger partial charge in [0.1, 0.15) is 0 Å². The Morgan fingerprint density at radius 1 is 1.33 bits per heavy atom. The molecule has 0 amide bonds. The van der Waals surface area contributed by atoms with Crippen LogP contribution in [0, 0.1) is 5.92 Å². The van der Waals surface area contributed by atoms with Gasteiger partial charge >= 0.3 is 0 Å². The Kier molecular flexibility index (Phi) is 8.73. The van der Waals surface area contributed by atoms with Crippen molar-refractivity contribution in [3.05, 3.63) is 0 Å². The van der Waals surface area contributed by atoms with Gasteiger partial charge in [0.2, 0.25) is 0 Å². The quantitative estimate of drug-likeness (QED) is 0.588. The summed E-state index contributed by atoms with van der Waals surface area (Å²) in [5.41, 5.74) is 0. The number of methoxy groups -OCH3 is 1. The lowest BCUT2D eigenvalue weighted by molar-refractivity contribution is 0.193. The summed E-state index contributed by atoms with van der Waals surface area (Å²) in [6.07, 6.45) is 3.72. The maximum atomic E-state index is 12.3. The molecule has 0 aromatic rings. The van der Waals surface area contributed by atoms with Crippen LogP contribution >= 0.6 is 0 Å². The van der Waals surface area contributed by atoms with Crippen LogP contribution in [0.1, 0.15) is 39.5 Å². The summed E-state index contributed by atoms with van der Waals surface area (Å²) in [5.74, 6) is 0.409. The number of nitrogens with zero attached hydrogens (tertiary/aromatic N) is 1. The molecule has 0 spiro atoms. The second kappa shape index (κ2) is 9.74. The van der Waals surface area contributed by atoms with Gasteiger partial charge < -0.3 is 10.1 Å². The summed E-state index contributed by atoms with van der Waals surface area (Å²) in [5, 5.41) is 3.40. The van der Waals surface area contributed by atoms with Crippen molar-refractivity contribution in [1.82, 2.24) is 14.3 Å². The van der Waals surface area contributed by atoms with Crippen molar-refractivity contribution in [3.8, 4) is 0 Å². The van der Waals surface area contributed by atoms with Crippen LogP contribution < -0.4 is 10.0 Å². The third-order valence-corrected chi connectivity index (χ3v) is 5.28. The van der Waals surface area contributed by atoms with Crippen molar-refractivity contribution in [2.45, 2.75) is 45.6 Å². The summed E-state index contributed by atoms with van der Waals surface area (Å²) >= 11 is 0. The average molecular weight is 321 g/mol. The lowest BCUT2D eigenvalue weighted by Crippen LogP contribution is -2.48. The van der Waals surface area contributed by atoms with E-state index >= 15 is 0 Å². The number of unbranched alkanes of at least 4 members (excludes halogenated alkanes) is 1. The fraction of sp³-hybridized carbons (Fsp3) is 1.00. The number of ether oxygens (including phenoxy) is 1. The topological polar surface area (TPSA) is 70.7 Å². The minimum atomic E-state index is -3.33. The van der Waals surface area contributed by atoms with Gasteiger partial charge in [0.05, 0.1) is 0 Å². The lowest BCUT2D eigenvalue weighted by atomic mass is 9.99. The minimum absolute atomic E-state index is 0.409. The zero-order valence-corrected chi connectivity index (χ0v) is 14.4. The van der Waals surface area contributed by atoms with E-state index in [9.17, 15) is 8.42 Å². The van der Waals surface area contributed by atoms with Crippen LogP contribution in [0.4, 0.5) is 0 Å². The van der Waals surface area contributed by atoms with Crippen LogP contribution in [0.3, 0.4) is 0 Å². The maximum absolute atomic E-state index is 12.3. The van der Waals surface area contributed by atoms with Crippen molar-refractivity contribution in [2.75, 3.05) is 39.9 Å². The maximum Gasteiger partial charge on any atom is 0.279 e. The molecule has 0 bridgehead atoms. The van der Waals surface area contributed by atoms with Crippen LogP contribution in [0.5, 0.6) is 0 Å². The van der Waals surface area contributed by atoms with Crippen LogP contribution in [0.2, 0.25) is 0 Å². The smallest absolute Gasteiger partial charge is 0.279 e. The molecule has 21 heavy (non-hydrogen) atoms. The zero-order chi connectivity index (χ0) is 15.7. The fourth-order valence-electron chi connectivity index (χ4n) is 2.48. The monoisotopic (exact) mass is 321 g/mol. The molecule has 0 saturated carbocycles. The van der Waals surface area contributed by atoms with E-state index in [1.54, 1.807) is 11.4 Å². The molecule has 0 aromatic heterocycles. The summed E-state index contributed by atoms with van der Waals surface area (Å²) in [7, 11) is -1.67. The van der Waals surface area contributed by atoms with Gasteiger partial charge in [-0.15, -0.1) is 0 Å². The Bertz CT molecular complexity index is 374. The van der Waals surface area contributed by atoms with E-state index in [-0.39, 0.29) is 0 Å². The third kappa shape index (κ3) is 7.56. The standard InChI is InChI=1S/C14H31N3O3S/c1-13(2)15-11-14-7-6-9-17(12-14)21(18,19)16-8-4-5-10-20-3/h13-16H,4-12H2,1-3H3. The van der Waals surface area contributed by atoms with Gasteiger partial charge in [-0.1, -0.05) is 13.8 Å². The van der Waals surface area contributed by atoms with Crippen LogP contribution in [-0.2, 0) is 14.9 Å². The van der Waals surface area contributed by atoms with Crippen LogP contribution in [0.15, 0.2) is 0 Å². The predicted octanol–water partition coefficient (Wildman–Crippen LogP) is 0.957. The first kappa shape index (κ1) is 18.8. The van der Waals surface area contributed by atoms with Crippen molar-refractivity contribution >= 4 is 10.2 Å². The highest BCUT2D eigenvalue weighted by molar-refractivity contribution is 7.87. The molecule has 1 fully saturated rings. The SMILES string of the molecule is COCCCCNS(=O)(=O)N1CCCC(CNC(C)C)C1. The molecular weight excluding hydrogens is 290 g/mol. The first-order valence-electron chi connectivity index (χ1n) is 7.92. The van der Waals surface area contributed by atoms with E-state index < -0.39 is 10.2 Å². The van der Waals surface area contributed by atoms with Gasteiger partial charge in [-0.05, 0) is 38.1 Å². The first-order valence-corrected chi connectivity index (χ1v) is 9.36. The molecule has 6 nitrogen and oxygen atoms in total. The number of rotatable bonds is 10. The van der Waals surface area contributed by atoms with Gasteiger partial charge in [0.25, 0.3) is 10.2 Å². The third-order valence-electron chi connectivity index (χ3n) is 3.70. The van der Waals surface area contributed by atoms with Crippen LogP contribution in [0.25, 0.3) is 0 Å². The summed E-state index contributed by atoms with van der Waals surface area (Å²) in [4.78, 5) is 0. The number of nitrogens with one attached hydrogen (secondary N) is 2. The molecule has 0 radical (unpaired) electrons. The van der Waals surface area contributed by atoms with Crippen molar-refractivity contribution in [3.63, 3.8) is 0 Å². The Labute approximate surface area is 129 Å². The Hall–Kier alpha value is -0.210. The highest BCUT2D eigenvalue weighted by Gasteiger charge is 2.28. The fourth-order valence-corrected chi connectivity index (χ4v) is 3.84. The normalized spacial score (nSPS) is 21.0. The van der Waals surface area contributed by atoms with E-state index in [1.165, 1.54) is 0 Å². The highest BCUT2D eigenvalue weighted by atomic mass is 32.2. The lowest BCUT2D eigenvalue weighted by Gasteiger charge is -2.32. The molecular formula is C14H31N3O3S. The molecule has 126 valence electrons.